The maximum atomic E-state index is 5.84. The summed E-state index contributed by atoms with van der Waals surface area (Å²) in [6.07, 6.45) is 6.33. The quantitative estimate of drug-likeness (QED) is 0.630. The molecule has 0 fully saturated rings. The summed E-state index contributed by atoms with van der Waals surface area (Å²) in [5.41, 5.74) is 1.72. The fourth-order valence-corrected chi connectivity index (χ4v) is 1.33. The van der Waals surface area contributed by atoms with Crippen LogP contribution < -0.4 is 5.32 Å². The summed E-state index contributed by atoms with van der Waals surface area (Å²) in [6.45, 7) is 5.76. The molecule has 0 radical (unpaired) electrons. The van der Waals surface area contributed by atoms with Gasteiger partial charge in [-0.1, -0.05) is 42.8 Å². The van der Waals surface area contributed by atoms with Crippen molar-refractivity contribution in [3.05, 3.63) is 46.9 Å². The van der Waals surface area contributed by atoms with Crippen molar-refractivity contribution in [1.29, 1.82) is 0 Å². The van der Waals surface area contributed by atoms with Gasteiger partial charge in [-0.25, -0.2) is 4.98 Å². The van der Waals surface area contributed by atoms with Crippen molar-refractivity contribution in [3.63, 3.8) is 0 Å². The lowest BCUT2D eigenvalue weighted by Crippen LogP contribution is -1.97. The van der Waals surface area contributed by atoms with Crippen LogP contribution in [0.1, 0.15) is 13.3 Å². The van der Waals surface area contributed by atoms with Gasteiger partial charge in [-0.3, -0.25) is 0 Å². The Morgan fingerprint density at radius 2 is 2.33 bits per heavy atom. The number of halogens is 2. The van der Waals surface area contributed by atoms with Crippen molar-refractivity contribution in [2.75, 3.05) is 5.32 Å². The van der Waals surface area contributed by atoms with E-state index < -0.39 is 0 Å². The lowest BCUT2D eigenvalue weighted by Gasteiger charge is -2.07. The Labute approximate surface area is 99.6 Å². The van der Waals surface area contributed by atoms with Crippen LogP contribution in [0.2, 0.25) is 10.2 Å². The number of hydrogen-bond acceptors (Lipinski definition) is 2. The molecule has 1 heterocycles. The molecule has 0 aromatic carbocycles. The zero-order valence-corrected chi connectivity index (χ0v) is 9.94. The topological polar surface area (TPSA) is 24.9 Å². The molecule has 0 aliphatic rings. The highest BCUT2D eigenvalue weighted by atomic mass is 35.5. The minimum Gasteiger partial charge on any atom is -0.355 e. The van der Waals surface area contributed by atoms with E-state index in [0.29, 0.717) is 10.2 Å². The minimum atomic E-state index is 0.307. The summed E-state index contributed by atoms with van der Waals surface area (Å²) in [7, 11) is 0. The average molecular weight is 243 g/mol. The molecule has 0 bridgehead atoms. The first-order valence-electron chi connectivity index (χ1n) is 4.58. The molecular formula is C11H12Cl2N2. The van der Waals surface area contributed by atoms with Crippen molar-refractivity contribution in [1.82, 2.24) is 4.98 Å². The second kappa shape index (κ2) is 5.79. The number of aromatic nitrogens is 1. The van der Waals surface area contributed by atoms with Gasteiger partial charge in [0.1, 0.15) is 5.15 Å². The zero-order valence-electron chi connectivity index (χ0n) is 8.43. The SMILES string of the molecule is C=C/C(=C\CC)Nc1cnc(Cl)c(Cl)c1. The van der Waals surface area contributed by atoms with Gasteiger partial charge in [-0.05, 0) is 18.6 Å². The maximum absolute atomic E-state index is 5.84. The second-order valence-electron chi connectivity index (χ2n) is 2.89. The number of nitrogens with one attached hydrogen (secondary N) is 1. The normalized spacial score (nSPS) is 11.3. The fourth-order valence-electron chi connectivity index (χ4n) is 1.06. The molecule has 0 atom stereocenters. The van der Waals surface area contributed by atoms with Crippen LogP contribution >= 0.6 is 23.2 Å². The molecule has 1 rings (SSSR count). The van der Waals surface area contributed by atoms with Crippen molar-refractivity contribution >= 4 is 28.9 Å². The van der Waals surface area contributed by atoms with Crippen molar-refractivity contribution in [2.45, 2.75) is 13.3 Å². The Hall–Kier alpha value is -0.990. The van der Waals surface area contributed by atoms with E-state index in [2.05, 4.69) is 23.8 Å². The Morgan fingerprint density at radius 1 is 1.60 bits per heavy atom. The predicted octanol–water partition coefficient (Wildman–Crippen LogP) is 4.28. The molecule has 2 nitrogen and oxygen atoms in total. The smallest absolute Gasteiger partial charge is 0.147 e. The average Bonchev–Trinajstić information content (AvgIpc) is 2.23. The lowest BCUT2D eigenvalue weighted by atomic mass is 10.3. The van der Waals surface area contributed by atoms with E-state index in [1.54, 1.807) is 18.3 Å². The van der Waals surface area contributed by atoms with Gasteiger partial charge in [0.2, 0.25) is 0 Å². The van der Waals surface area contributed by atoms with E-state index in [0.717, 1.165) is 17.8 Å². The van der Waals surface area contributed by atoms with E-state index in [1.165, 1.54) is 0 Å². The molecule has 0 unspecified atom stereocenters. The van der Waals surface area contributed by atoms with Crippen LogP contribution in [-0.4, -0.2) is 4.98 Å². The van der Waals surface area contributed by atoms with E-state index in [-0.39, 0.29) is 0 Å². The Balaban J connectivity index is 2.84. The minimum absolute atomic E-state index is 0.307. The highest BCUT2D eigenvalue weighted by Crippen LogP contribution is 2.23. The first-order valence-corrected chi connectivity index (χ1v) is 5.33. The van der Waals surface area contributed by atoms with Crippen LogP contribution in [-0.2, 0) is 0 Å². The molecule has 0 saturated heterocycles. The van der Waals surface area contributed by atoms with Gasteiger partial charge in [0.25, 0.3) is 0 Å². The van der Waals surface area contributed by atoms with Gasteiger partial charge >= 0.3 is 0 Å². The predicted molar refractivity (Wildman–Crippen MR) is 66.5 cm³/mol. The number of nitrogens with zero attached hydrogens (tertiary/aromatic N) is 1. The van der Waals surface area contributed by atoms with Gasteiger partial charge in [-0.2, -0.15) is 0 Å². The van der Waals surface area contributed by atoms with E-state index in [1.807, 2.05) is 6.08 Å². The number of pyridine rings is 1. The molecule has 1 N–H and O–H groups in total. The largest absolute Gasteiger partial charge is 0.355 e. The molecule has 0 aliphatic heterocycles. The van der Waals surface area contributed by atoms with E-state index in [4.69, 9.17) is 23.2 Å². The first-order chi connectivity index (χ1) is 7.17. The first kappa shape index (κ1) is 12.1. The van der Waals surface area contributed by atoms with Crippen molar-refractivity contribution in [2.24, 2.45) is 0 Å². The van der Waals surface area contributed by atoms with Gasteiger partial charge in [0, 0.05) is 5.70 Å². The molecule has 4 heteroatoms. The molecule has 1 aromatic rings. The second-order valence-corrected chi connectivity index (χ2v) is 3.66. The number of rotatable bonds is 4. The molecule has 15 heavy (non-hydrogen) atoms. The zero-order chi connectivity index (χ0) is 11.3. The summed E-state index contributed by atoms with van der Waals surface area (Å²) in [5.74, 6) is 0. The Bertz CT molecular complexity index is 386. The summed E-state index contributed by atoms with van der Waals surface area (Å²) < 4.78 is 0. The molecule has 1 aromatic heterocycles. The fraction of sp³-hybridized carbons (Fsp3) is 0.182. The number of hydrogen-bond donors (Lipinski definition) is 1. The highest BCUT2D eigenvalue weighted by molar-refractivity contribution is 6.41. The van der Waals surface area contributed by atoms with E-state index >= 15 is 0 Å². The van der Waals surface area contributed by atoms with Crippen LogP contribution in [0.3, 0.4) is 0 Å². The summed E-state index contributed by atoms with van der Waals surface area (Å²) in [5, 5.41) is 3.87. The van der Waals surface area contributed by atoms with Crippen LogP contribution in [0.15, 0.2) is 36.7 Å². The van der Waals surface area contributed by atoms with Crippen molar-refractivity contribution < 1.29 is 0 Å². The molecule has 0 aliphatic carbocycles. The van der Waals surface area contributed by atoms with Gasteiger partial charge < -0.3 is 5.32 Å². The maximum Gasteiger partial charge on any atom is 0.147 e. The molecule has 80 valence electrons. The summed E-state index contributed by atoms with van der Waals surface area (Å²) >= 11 is 11.5. The third-order valence-corrected chi connectivity index (χ3v) is 2.41. The highest BCUT2D eigenvalue weighted by Gasteiger charge is 2.00. The van der Waals surface area contributed by atoms with E-state index in [9.17, 15) is 0 Å². The summed E-state index contributed by atoms with van der Waals surface area (Å²) in [6, 6.07) is 1.73. The standard InChI is InChI=1S/C11H12Cl2N2/c1-3-5-8(4-2)15-9-6-10(12)11(13)14-7-9/h4-7,15H,2-3H2,1H3/b8-5+. The Morgan fingerprint density at radius 3 is 2.87 bits per heavy atom. The summed E-state index contributed by atoms with van der Waals surface area (Å²) in [4.78, 5) is 3.94. The number of allylic oxidation sites excluding steroid dienone is 2. The van der Waals surface area contributed by atoms with Crippen LogP contribution in [0.4, 0.5) is 5.69 Å². The van der Waals surface area contributed by atoms with Crippen LogP contribution in [0.25, 0.3) is 0 Å². The third kappa shape index (κ3) is 3.57. The van der Waals surface area contributed by atoms with Gasteiger partial charge in [-0.15, -0.1) is 0 Å². The van der Waals surface area contributed by atoms with Gasteiger partial charge in [0.05, 0.1) is 16.9 Å². The molecular weight excluding hydrogens is 231 g/mol. The van der Waals surface area contributed by atoms with Gasteiger partial charge in [0.15, 0.2) is 0 Å². The lowest BCUT2D eigenvalue weighted by molar-refractivity contribution is 1.20. The van der Waals surface area contributed by atoms with Crippen molar-refractivity contribution in [3.8, 4) is 0 Å². The molecule has 0 saturated carbocycles. The molecule has 0 amide bonds. The molecule has 0 spiro atoms. The monoisotopic (exact) mass is 242 g/mol. The van der Waals surface area contributed by atoms with Crippen LogP contribution in [0, 0.1) is 0 Å². The number of anilines is 1. The van der Waals surface area contributed by atoms with Crippen LogP contribution in [0.5, 0.6) is 0 Å². The Kier molecular flexibility index (Phi) is 4.66. The third-order valence-electron chi connectivity index (χ3n) is 1.73.